The van der Waals surface area contributed by atoms with Crippen LogP contribution in [0.4, 0.5) is 4.39 Å². The molecule has 3 saturated carbocycles. The van der Waals surface area contributed by atoms with Gasteiger partial charge in [-0.15, -0.1) is 0 Å². The lowest BCUT2D eigenvalue weighted by atomic mass is 9.64. The topological polar surface area (TPSA) is 77.2 Å². The molecule has 1 aromatic carbocycles. The van der Waals surface area contributed by atoms with Gasteiger partial charge in [-0.05, 0) is 95.4 Å². The molecule has 1 aromatic rings. The fourth-order valence-electron chi connectivity index (χ4n) is 10.8. The molecule has 3 saturated heterocycles. The first-order valence-electron chi connectivity index (χ1n) is 19.3. The molecule has 10 unspecified atom stereocenters. The van der Waals surface area contributed by atoms with Gasteiger partial charge in [-0.25, -0.2) is 4.39 Å². The van der Waals surface area contributed by atoms with Crippen LogP contribution in [0.1, 0.15) is 82.6 Å². The van der Waals surface area contributed by atoms with Crippen molar-refractivity contribution in [2.24, 2.45) is 17.8 Å². The highest BCUT2D eigenvalue weighted by Crippen LogP contribution is 2.50. The zero-order valence-corrected chi connectivity index (χ0v) is 28.8. The highest BCUT2D eigenvalue weighted by atomic mass is 19.1. The van der Waals surface area contributed by atoms with E-state index >= 15 is 4.39 Å². The Morgan fingerprint density at radius 1 is 0.958 bits per heavy atom. The smallest absolute Gasteiger partial charge is 0.256 e. The average molecular weight is 662 g/mol. The summed E-state index contributed by atoms with van der Waals surface area (Å²) in [5.74, 6) is 0.276. The van der Waals surface area contributed by atoms with Crippen molar-refractivity contribution in [1.29, 1.82) is 0 Å². The Kier molecular flexibility index (Phi) is 9.66. The number of rotatable bonds is 8. The molecule has 48 heavy (non-hydrogen) atoms. The minimum atomic E-state index is -1.20. The molecule has 0 aromatic heterocycles. The highest BCUT2D eigenvalue weighted by Gasteiger charge is 2.60. The van der Waals surface area contributed by atoms with E-state index in [1.807, 2.05) is 6.20 Å². The quantitative estimate of drug-likeness (QED) is 0.399. The third kappa shape index (κ3) is 6.49. The molecule has 0 spiro atoms. The van der Waals surface area contributed by atoms with Gasteiger partial charge in [0.05, 0.1) is 35.9 Å². The summed E-state index contributed by atoms with van der Waals surface area (Å²) in [6.45, 7) is 4.55. The van der Waals surface area contributed by atoms with Gasteiger partial charge in [0.1, 0.15) is 6.17 Å². The molecule has 10 atom stereocenters. The fraction of sp³-hybridized carbons (Fsp3) is 0.744. The lowest BCUT2D eigenvalue weighted by molar-refractivity contribution is -0.209. The Bertz CT molecular complexity index is 1340. The number of carbonyl (C=O) groups excluding carboxylic acids is 2. The lowest BCUT2D eigenvalue weighted by Gasteiger charge is -2.61. The largest absolute Gasteiger partial charge is 0.369 e. The van der Waals surface area contributed by atoms with Crippen molar-refractivity contribution in [2.75, 3.05) is 33.2 Å². The number of hydrogen-bond donors (Lipinski definition) is 2. The maximum absolute atomic E-state index is 16.5. The van der Waals surface area contributed by atoms with Crippen molar-refractivity contribution in [3.05, 3.63) is 47.7 Å². The standard InChI is InChI=1S/C39H56FN5O3/c1-43-17-7-12-29(43)13-16-41-39(47)31-24-45-33-20-26-10-5-6-11-27(26)21-34(33)48-38-35(32(40)22-30(36(38)45)37(31)46)42-28-14-18-44(19-15-28)23-25-8-3-2-4-9-25/h2-4,8-9,24,26-30,32-36,38,42H,5-7,10-23H2,1H3,(H,41,47). The second-order valence-corrected chi connectivity index (χ2v) is 16.2. The Hall–Kier alpha value is -2.33. The van der Waals surface area contributed by atoms with Gasteiger partial charge in [-0.2, -0.15) is 0 Å². The Morgan fingerprint density at radius 3 is 2.48 bits per heavy atom. The van der Waals surface area contributed by atoms with Crippen molar-refractivity contribution in [2.45, 2.75) is 132 Å². The maximum Gasteiger partial charge on any atom is 0.256 e. The Balaban J connectivity index is 0.998. The Labute approximate surface area is 286 Å². The third-order valence-corrected chi connectivity index (χ3v) is 13.4. The van der Waals surface area contributed by atoms with Crippen LogP contribution >= 0.6 is 0 Å². The van der Waals surface area contributed by atoms with Gasteiger partial charge in [-0.3, -0.25) is 14.5 Å². The van der Waals surface area contributed by atoms with Crippen LogP contribution in [0.15, 0.2) is 42.1 Å². The zero-order chi connectivity index (χ0) is 32.8. The van der Waals surface area contributed by atoms with Gasteiger partial charge >= 0.3 is 0 Å². The molecule has 8 nitrogen and oxygen atoms in total. The van der Waals surface area contributed by atoms with Crippen LogP contribution in [0.2, 0.25) is 0 Å². The molecular formula is C39H56FN5O3. The van der Waals surface area contributed by atoms with E-state index in [0.29, 0.717) is 24.4 Å². The van der Waals surface area contributed by atoms with Crippen molar-refractivity contribution in [3.63, 3.8) is 0 Å². The molecule has 2 N–H and O–H groups in total. The number of carbonyl (C=O) groups is 2. The number of Topliss-reactive ketones (excluding diaryl/α,β-unsaturated/α-hetero) is 1. The van der Waals surface area contributed by atoms with Crippen LogP contribution in [0.3, 0.4) is 0 Å². The summed E-state index contributed by atoms with van der Waals surface area (Å²) < 4.78 is 23.5. The van der Waals surface area contributed by atoms with E-state index in [1.165, 1.54) is 37.7 Å². The summed E-state index contributed by atoms with van der Waals surface area (Å²) in [5, 5.41) is 6.86. The maximum atomic E-state index is 16.5. The van der Waals surface area contributed by atoms with E-state index in [1.54, 1.807) is 0 Å². The lowest BCUT2D eigenvalue weighted by Crippen LogP contribution is -2.74. The minimum absolute atomic E-state index is 0.000219. The van der Waals surface area contributed by atoms with Crippen LogP contribution in [0.5, 0.6) is 0 Å². The highest BCUT2D eigenvalue weighted by molar-refractivity contribution is 6.20. The molecule has 4 heterocycles. The molecule has 3 aliphatic carbocycles. The number of ketones is 1. The number of amides is 1. The molecule has 4 aliphatic heterocycles. The molecule has 8 rings (SSSR count). The minimum Gasteiger partial charge on any atom is -0.369 e. The fourth-order valence-corrected chi connectivity index (χ4v) is 10.8. The number of ether oxygens (including phenoxy) is 1. The van der Waals surface area contributed by atoms with Gasteiger partial charge in [0, 0.05) is 37.3 Å². The van der Waals surface area contributed by atoms with Gasteiger partial charge < -0.3 is 25.2 Å². The summed E-state index contributed by atoms with van der Waals surface area (Å²) >= 11 is 0. The van der Waals surface area contributed by atoms with Crippen LogP contribution < -0.4 is 10.6 Å². The number of alkyl halides is 1. The average Bonchev–Trinajstić information content (AvgIpc) is 3.51. The molecule has 0 bridgehead atoms. The van der Waals surface area contributed by atoms with Gasteiger partial charge in [0.2, 0.25) is 0 Å². The first-order chi connectivity index (χ1) is 23.4. The number of benzene rings is 1. The molecule has 9 heteroatoms. The number of fused-ring (bicyclic) bond motifs is 3. The summed E-state index contributed by atoms with van der Waals surface area (Å²) in [5.41, 5.74) is 1.55. The molecule has 1 amide bonds. The van der Waals surface area contributed by atoms with Crippen LogP contribution in [-0.4, -0.2) is 108 Å². The number of likely N-dealkylation sites (tertiary alicyclic amines) is 2. The predicted molar refractivity (Wildman–Crippen MR) is 184 cm³/mol. The molecule has 6 fully saturated rings. The van der Waals surface area contributed by atoms with Crippen molar-refractivity contribution in [1.82, 2.24) is 25.3 Å². The number of piperidine rings is 1. The van der Waals surface area contributed by atoms with E-state index in [-0.39, 0.29) is 47.9 Å². The first kappa shape index (κ1) is 32.9. The normalized spacial score (nSPS) is 38.9. The summed E-state index contributed by atoms with van der Waals surface area (Å²) in [4.78, 5) is 35.0. The molecule has 262 valence electrons. The van der Waals surface area contributed by atoms with Crippen LogP contribution in [0, 0.1) is 17.8 Å². The van der Waals surface area contributed by atoms with Gasteiger partial charge in [0.15, 0.2) is 5.78 Å². The van der Waals surface area contributed by atoms with E-state index in [2.05, 4.69) is 62.7 Å². The van der Waals surface area contributed by atoms with Gasteiger partial charge in [-0.1, -0.05) is 56.0 Å². The SMILES string of the molecule is CN1CCCC1CCNC(=O)C1=CN2C3CC4CCCCC4CC3OC3C(NC4CCN(Cc5ccccc5)CC4)C(F)CC(C1=O)C32. The number of hydrogen-bond acceptors (Lipinski definition) is 7. The van der Waals surface area contributed by atoms with E-state index in [0.717, 1.165) is 64.7 Å². The zero-order valence-electron chi connectivity index (χ0n) is 28.8. The van der Waals surface area contributed by atoms with Crippen LogP contribution in [0.25, 0.3) is 0 Å². The third-order valence-electron chi connectivity index (χ3n) is 13.4. The number of halogens is 1. The number of nitrogens with zero attached hydrogens (tertiary/aromatic N) is 3. The van der Waals surface area contributed by atoms with Crippen molar-refractivity contribution in [3.8, 4) is 0 Å². The van der Waals surface area contributed by atoms with Crippen molar-refractivity contribution < 1.29 is 18.7 Å². The number of nitrogens with one attached hydrogen (secondary N) is 2. The van der Waals surface area contributed by atoms with Gasteiger partial charge in [0.25, 0.3) is 5.91 Å². The van der Waals surface area contributed by atoms with E-state index < -0.39 is 24.2 Å². The van der Waals surface area contributed by atoms with Crippen LogP contribution in [-0.2, 0) is 20.9 Å². The van der Waals surface area contributed by atoms with E-state index in [9.17, 15) is 9.59 Å². The predicted octanol–water partition coefficient (Wildman–Crippen LogP) is 4.44. The first-order valence-corrected chi connectivity index (χ1v) is 19.3. The summed E-state index contributed by atoms with van der Waals surface area (Å²) in [7, 11) is 2.15. The number of morpholine rings is 1. The second kappa shape index (κ2) is 14.1. The Morgan fingerprint density at radius 2 is 1.73 bits per heavy atom. The monoisotopic (exact) mass is 661 g/mol. The summed E-state index contributed by atoms with van der Waals surface area (Å²) in [6, 6.07) is 10.7. The summed E-state index contributed by atoms with van der Waals surface area (Å²) in [6.07, 6.45) is 12.7. The molecule has 7 aliphatic rings. The second-order valence-electron chi connectivity index (χ2n) is 16.2. The molecular weight excluding hydrogens is 605 g/mol. The van der Waals surface area contributed by atoms with Crippen molar-refractivity contribution >= 4 is 11.7 Å². The molecule has 0 radical (unpaired) electrons. The van der Waals surface area contributed by atoms with E-state index in [4.69, 9.17) is 4.74 Å².